The number of aryl methyl sites for hydroxylation is 1. The number of nitrogens with zero attached hydrogens (tertiary/aromatic N) is 3. The molecule has 30 heavy (non-hydrogen) atoms. The van der Waals surface area contributed by atoms with E-state index < -0.39 is 9.84 Å². The summed E-state index contributed by atoms with van der Waals surface area (Å²) in [4.78, 5) is 9.64. The molecular weight excluding hydrogens is 513 g/mol. The molecule has 0 saturated heterocycles. The van der Waals surface area contributed by atoms with E-state index in [1.165, 1.54) is 6.26 Å². The van der Waals surface area contributed by atoms with E-state index in [-0.39, 0.29) is 24.0 Å². The zero-order valence-corrected chi connectivity index (χ0v) is 20.6. The van der Waals surface area contributed by atoms with Crippen molar-refractivity contribution in [1.29, 1.82) is 0 Å². The van der Waals surface area contributed by atoms with Gasteiger partial charge in [0.2, 0.25) is 0 Å². The van der Waals surface area contributed by atoms with Crippen LogP contribution < -0.4 is 10.6 Å². The van der Waals surface area contributed by atoms with E-state index in [0.29, 0.717) is 18.0 Å². The third-order valence-corrected chi connectivity index (χ3v) is 5.79. The second kappa shape index (κ2) is 10.8. The number of aromatic nitrogens is 2. The summed E-state index contributed by atoms with van der Waals surface area (Å²) in [5, 5.41) is 6.56. The molecule has 2 aromatic carbocycles. The van der Waals surface area contributed by atoms with Crippen LogP contribution >= 0.6 is 24.0 Å². The Balaban J connectivity index is 0.00000320. The summed E-state index contributed by atoms with van der Waals surface area (Å²) in [5.41, 5.74) is 3.12. The molecule has 2 N–H and O–H groups in total. The lowest BCUT2D eigenvalue weighted by molar-refractivity contribution is 0.602. The molecule has 0 fully saturated rings. The summed E-state index contributed by atoms with van der Waals surface area (Å²) in [6.07, 6.45) is 1.98. The van der Waals surface area contributed by atoms with Gasteiger partial charge in [0, 0.05) is 26.4 Å². The summed E-state index contributed by atoms with van der Waals surface area (Å²) in [7, 11) is -1.16. The summed E-state index contributed by atoms with van der Waals surface area (Å²) in [5.74, 6) is 1.63. The highest BCUT2D eigenvalue weighted by Crippen LogP contribution is 2.14. The molecule has 1 aromatic heterocycles. The van der Waals surface area contributed by atoms with Crippen molar-refractivity contribution in [3.63, 3.8) is 0 Å². The van der Waals surface area contributed by atoms with Gasteiger partial charge in [-0.05, 0) is 43.2 Å². The maximum absolute atomic E-state index is 11.5. The fourth-order valence-electron chi connectivity index (χ4n) is 3.06. The number of guanidine groups is 1. The average molecular weight is 541 g/mol. The molecule has 0 amide bonds. The Morgan fingerprint density at radius 2 is 1.80 bits per heavy atom. The Hall–Kier alpha value is -2.14. The van der Waals surface area contributed by atoms with Gasteiger partial charge in [0.05, 0.1) is 15.9 Å². The molecule has 0 unspecified atom stereocenters. The molecule has 162 valence electrons. The SMILES string of the molecule is CCNC(=NCc1nc2ccccc2n1C)NCCc1ccc(S(C)(=O)=O)cc1.I. The van der Waals surface area contributed by atoms with Crippen molar-refractivity contribution in [3.8, 4) is 0 Å². The highest BCUT2D eigenvalue weighted by molar-refractivity contribution is 14.0. The van der Waals surface area contributed by atoms with E-state index in [9.17, 15) is 8.42 Å². The molecule has 3 rings (SSSR count). The zero-order valence-electron chi connectivity index (χ0n) is 17.4. The summed E-state index contributed by atoms with van der Waals surface area (Å²) in [6.45, 7) is 3.95. The van der Waals surface area contributed by atoms with E-state index in [4.69, 9.17) is 0 Å². The molecule has 0 aliphatic rings. The van der Waals surface area contributed by atoms with E-state index in [2.05, 4.69) is 25.2 Å². The molecule has 1 heterocycles. The number of benzene rings is 2. The first-order chi connectivity index (χ1) is 13.9. The molecule has 0 spiro atoms. The Bertz CT molecular complexity index is 1110. The van der Waals surface area contributed by atoms with Gasteiger partial charge in [-0.15, -0.1) is 24.0 Å². The largest absolute Gasteiger partial charge is 0.357 e. The van der Waals surface area contributed by atoms with Crippen LogP contribution in [0.2, 0.25) is 0 Å². The van der Waals surface area contributed by atoms with Crippen molar-refractivity contribution in [2.75, 3.05) is 19.3 Å². The van der Waals surface area contributed by atoms with E-state index in [0.717, 1.165) is 41.3 Å². The second-order valence-electron chi connectivity index (χ2n) is 6.86. The Morgan fingerprint density at radius 1 is 1.10 bits per heavy atom. The quantitative estimate of drug-likeness (QED) is 0.273. The molecule has 0 radical (unpaired) electrons. The maximum Gasteiger partial charge on any atom is 0.191 e. The van der Waals surface area contributed by atoms with Crippen LogP contribution in [0, 0.1) is 0 Å². The van der Waals surface area contributed by atoms with Gasteiger partial charge < -0.3 is 15.2 Å². The average Bonchev–Trinajstić information content (AvgIpc) is 3.02. The predicted octanol–water partition coefficient (Wildman–Crippen LogP) is 2.89. The molecule has 0 saturated carbocycles. The molecule has 0 atom stereocenters. The van der Waals surface area contributed by atoms with Gasteiger partial charge in [-0.3, -0.25) is 0 Å². The summed E-state index contributed by atoms with van der Waals surface area (Å²) >= 11 is 0. The Morgan fingerprint density at radius 3 is 2.43 bits per heavy atom. The third kappa shape index (κ3) is 6.18. The number of hydrogen-bond donors (Lipinski definition) is 2. The molecule has 7 nitrogen and oxygen atoms in total. The lowest BCUT2D eigenvalue weighted by Gasteiger charge is -2.11. The molecule has 3 aromatic rings. The van der Waals surface area contributed by atoms with Gasteiger partial charge >= 0.3 is 0 Å². The van der Waals surface area contributed by atoms with Crippen molar-refractivity contribution >= 4 is 50.8 Å². The smallest absolute Gasteiger partial charge is 0.191 e. The topological polar surface area (TPSA) is 88.4 Å². The predicted molar refractivity (Wildman–Crippen MR) is 132 cm³/mol. The Kier molecular flexibility index (Phi) is 8.65. The normalized spacial score (nSPS) is 11.9. The van der Waals surface area contributed by atoms with Gasteiger partial charge in [-0.1, -0.05) is 24.3 Å². The summed E-state index contributed by atoms with van der Waals surface area (Å²) in [6, 6.07) is 15.0. The molecule has 9 heteroatoms. The lowest BCUT2D eigenvalue weighted by Crippen LogP contribution is -2.38. The van der Waals surface area contributed by atoms with Gasteiger partial charge in [0.1, 0.15) is 12.4 Å². The van der Waals surface area contributed by atoms with Crippen molar-refractivity contribution in [3.05, 3.63) is 59.9 Å². The number of nitrogens with one attached hydrogen (secondary N) is 2. The number of imidazole rings is 1. The van der Waals surface area contributed by atoms with Crippen LogP contribution in [0.15, 0.2) is 58.4 Å². The first-order valence-electron chi connectivity index (χ1n) is 9.60. The molecule has 0 bridgehead atoms. The first kappa shape index (κ1) is 24.1. The number of hydrogen-bond acceptors (Lipinski definition) is 4. The molecular formula is C21H28IN5O2S. The van der Waals surface area contributed by atoms with Crippen LogP contribution in [0.1, 0.15) is 18.3 Å². The highest BCUT2D eigenvalue weighted by atomic mass is 127. The van der Waals surface area contributed by atoms with Gasteiger partial charge in [-0.25, -0.2) is 18.4 Å². The second-order valence-corrected chi connectivity index (χ2v) is 8.88. The van der Waals surface area contributed by atoms with Crippen LogP contribution in [0.25, 0.3) is 11.0 Å². The number of halogens is 1. The van der Waals surface area contributed by atoms with Crippen molar-refractivity contribution in [2.45, 2.75) is 24.8 Å². The minimum atomic E-state index is -3.16. The minimum Gasteiger partial charge on any atom is -0.357 e. The monoisotopic (exact) mass is 541 g/mol. The molecule has 0 aliphatic carbocycles. The standard InChI is InChI=1S/C21H27N5O2S.HI/c1-4-22-21(23-14-13-16-9-11-17(12-10-16)29(3,27)28)24-15-20-25-18-7-5-6-8-19(18)26(20)2;/h5-12H,4,13-15H2,1-3H3,(H2,22,23,24);1H. The number of sulfone groups is 1. The fraction of sp³-hybridized carbons (Fsp3) is 0.333. The zero-order chi connectivity index (χ0) is 20.9. The van der Waals surface area contributed by atoms with Crippen molar-refractivity contribution < 1.29 is 8.42 Å². The maximum atomic E-state index is 11.5. The van der Waals surface area contributed by atoms with Gasteiger partial charge in [0.25, 0.3) is 0 Å². The number of fused-ring (bicyclic) bond motifs is 1. The van der Waals surface area contributed by atoms with Gasteiger partial charge in [-0.2, -0.15) is 0 Å². The van der Waals surface area contributed by atoms with Crippen LogP contribution in [0.3, 0.4) is 0 Å². The number of rotatable bonds is 7. The lowest BCUT2D eigenvalue weighted by atomic mass is 10.1. The van der Waals surface area contributed by atoms with Crippen molar-refractivity contribution in [2.24, 2.45) is 12.0 Å². The molecule has 0 aliphatic heterocycles. The third-order valence-electron chi connectivity index (χ3n) is 4.66. The van der Waals surface area contributed by atoms with Crippen LogP contribution in [-0.4, -0.2) is 43.3 Å². The highest BCUT2D eigenvalue weighted by Gasteiger charge is 2.08. The van der Waals surface area contributed by atoms with Crippen LogP contribution in [-0.2, 0) is 29.9 Å². The van der Waals surface area contributed by atoms with E-state index in [1.54, 1.807) is 12.1 Å². The number of aliphatic imine (C=N–C) groups is 1. The summed E-state index contributed by atoms with van der Waals surface area (Å²) < 4.78 is 25.2. The van der Waals surface area contributed by atoms with Gasteiger partial charge in [0.15, 0.2) is 15.8 Å². The van der Waals surface area contributed by atoms with E-state index >= 15 is 0 Å². The van der Waals surface area contributed by atoms with Crippen molar-refractivity contribution in [1.82, 2.24) is 20.2 Å². The van der Waals surface area contributed by atoms with Crippen LogP contribution in [0.4, 0.5) is 0 Å². The first-order valence-corrected chi connectivity index (χ1v) is 11.5. The minimum absolute atomic E-state index is 0. The van der Waals surface area contributed by atoms with Crippen LogP contribution in [0.5, 0.6) is 0 Å². The fourth-order valence-corrected chi connectivity index (χ4v) is 3.69. The number of para-hydroxylation sites is 2. The Labute approximate surface area is 194 Å². The van der Waals surface area contributed by atoms with E-state index in [1.807, 2.05) is 50.4 Å².